The lowest BCUT2D eigenvalue weighted by Gasteiger charge is -2.12. The smallest absolute Gasteiger partial charge is 0.280 e. The van der Waals surface area contributed by atoms with Crippen LogP contribution in [0.3, 0.4) is 0 Å². The van der Waals surface area contributed by atoms with Crippen LogP contribution < -0.4 is 4.90 Å². The van der Waals surface area contributed by atoms with Crippen LogP contribution in [-0.4, -0.2) is 27.7 Å². The summed E-state index contributed by atoms with van der Waals surface area (Å²) in [6, 6.07) is 11.4. The van der Waals surface area contributed by atoms with Gasteiger partial charge in [-0.25, -0.2) is 18.4 Å². The molecule has 0 atom stereocenters. The van der Waals surface area contributed by atoms with Gasteiger partial charge in [0.1, 0.15) is 0 Å². The number of hydrogen-bond acceptors (Lipinski definition) is 4. The molecule has 0 fully saturated rings. The van der Waals surface area contributed by atoms with Crippen molar-refractivity contribution in [3.8, 4) is 5.69 Å². The van der Waals surface area contributed by atoms with Crippen molar-refractivity contribution < 1.29 is 13.6 Å². The van der Waals surface area contributed by atoms with Gasteiger partial charge in [0.15, 0.2) is 22.5 Å². The van der Waals surface area contributed by atoms with E-state index >= 15 is 0 Å². The Morgan fingerprint density at radius 2 is 1.97 bits per heavy atom. The first-order valence-corrected chi connectivity index (χ1v) is 10.0. The van der Waals surface area contributed by atoms with Crippen LogP contribution in [0.2, 0.25) is 0 Å². The standard InChI is InChI=1S/C21H16F2N4OS/c1-26(21-24-16-6-2-3-8-18(16)29-21)20(28)19-13-5-4-7-17(13)27(25-19)12-9-10-14(22)15(23)11-12/h2-3,6,8-11H,4-5,7H2,1H3. The molecule has 2 aromatic carbocycles. The summed E-state index contributed by atoms with van der Waals surface area (Å²) in [4.78, 5) is 19.3. The van der Waals surface area contributed by atoms with Crippen molar-refractivity contribution in [2.24, 2.45) is 0 Å². The summed E-state index contributed by atoms with van der Waals surface area (Å²) in [7, 11) is 1.68. The maximum atomic E-state index is 13.7. The molecule has 0 N–H and O–H groups in total. The Morgan fingerprint density at radius 3 is 2.76 bits per heavy atom. The zero-order valence-corrected chi connectivity index (χ0v) is 16.3. The van der Waals surface area contributed by atoms with Crippen LogP contribution >= 0.6 is 11.3 Å². The van der Waals surface area contributed by atoms with Crippen molar-refractivity contribution >= 4 is 32.6 Å². The number of para-hydroxylation sites is 1. The fraction of sp³-hybridized carbons (Fsp3) is 0.190. The zero-order chi connectivity index (χ0) is 20.1. The highest BCUT2D eigenvalue weighted by Gasteiger charge is 2.30. The van der Waals surface area contributed by atoms with Gasteiger partial charge in [0.25, 0.3) is 5.91 Å². The molecule has 5 nitrogen and oxygen atoms in total. The van der Waals surface area contributed by atoms with Crippen LogP contribution in [0.4, 0.5) is 13.9 Å². The van der Waals surface area contributed by atoms with Crippen LogP contribution in [0, 0.1) is 11.6 Å². The molecule has 8 heteroatoms. The summed E-state index contributed by atoms with van der Waals surface area (Å²) in [6.07, 6.45) is 2.36. The molecule has 0 spiro atoms. The third-order valence-corrected chi connectivity index (χ3v) is 6.27. The minimum atomic E-state index is -0.941. The quantitative estimate of drug-likeness (QED) is 0.499. The first-order chi connectivity index (χ1) is 14.0. The molecule has 2 aromatic heterocycles. The lowest BCUT2D eigenvalue weighted by Crippen LogP contribution is -2.27. The second kappa shape index (κ2) is 6.73. The summed E-state index contributed by atoms with van der Waals surface area (Å²) >= 11 is 1.44. The Morgan fingerprint density at radius 1 is 1.14 bits per heavy atom. The van der Waals surface area contributed by atoms with E-state index < -0.39 is 11.6 Å². The SMILES string of the molecule is CN(C(=O)c1nn(-c2ccc(F)c(F)c2)c2c1CCC2)c1nc2ccccc2s1. The summed E-state index contributed by atoms with van der Waals surface area (Å²) in [5, 5.41) is 5.07. The average molecular weight is 410 g/mol. The van der Waals surface area contributed by atoms with Gasteiger partial charge in [-0.05, 0) is 43.5 Å². The van der Waals surface area contributed by atoms with E-state index in [1.807, 2.05) is 24.3 Å². The van der Waals surface area contributed by atoms with Crippen molar-refractivity contribution in [3.05, 3.63) is 71.1 Å². The summed E-state index contributed by atoms with van der Waals surface area (Å²) in [5.74, 6) is -2.11. The molecule has 0 saturated carbocycles. The van der Waals surface area contributed by atoms with Gasteiger partial charge in [-0.3, -0.25) is 9.69 Å². The Kier molecular flexibility index (Phi) is 4.16. The van der Waals surface area contributed by atoms with Gasteiger partial charge in [-0.15, -0.1) is 0 Å². The number of amides is 1. The molecule has 0 bridgehead atoms. The largest absolute Gasteiger partial charge is 0.286 e. The van der Waals surface area contributed by atoms with E-state index in [9.17, 15) is 13.6 Å². The number of rotatable bonds is 3. The monoisotopic (exact) mass is 410 g/mol. The summed E-state index contributed by atoms with van der Waals surface area (Å²) < 4.78 is 29.6. The van der Waals surface area contributed by atoms with Crippen LogP contribution in [0.1, 0.15) is 28.2 Å². The number of fused-ring (bicyclic) bond motifs is 2. The lowest BCUT2D eigenvalue weighted by atomic mass is 10.2. The normalized spacial score (nSPS) is 13.1. The first kappa shape index (κ1) is 17.9. The van der Waals surface area contributed by atoms with Crippen LogP contribution in [0.25, 0.3) is 15.9 Å². The highest BCUT2D eigenvalue weighted by molar-refractivity contribution is 7.22. The molecule has 2 heterocycles. The molecule has 29 heavy (non-hydrogen) atoms. The Hall–Kier alpha value is -3.13. The van der Waals surface area contributed by atoms with Crippen LogP contribution in [0.15, 0.2) is 42.5 Å². The summed E-state index contributed by atoms with van der Waals surface area (Å²) in [6.45, 7) is 0. The van der Waals surface area contributed by atoms with E-state index in [1.54, 1.807) is 11.7 Å². The zero-order valence-electron chi connectivity index (χ0n) is 15.5. The van der Waals surface area contributed by atoms with Gasteiger partial charge in [-0.1, -0.05) is 23.5 Å². The van der Waals surface area contributed by atoms with Gasteiger partial charge in [0, 0.05) is 24.4 Å². The number of benzene rings is 2. The van der Waals surface area contributed by atoms with Gasteiger partial charge in [-0.2, -0.15) is 5.10 Å². The fourth-order valence-electron chi connectivity index (χ4n) is 3.69. The second-order valence-electron chi connectivity index (χ2n) is 6.97. The van der Waals surface area contributed by atoms with Crippen molar-refractivity contribution in [2.75, 3.05) is 11.9 Å². The van der Waals surface area contributed by atoms with E-state index in [4.69, 9.17) is 0 Å². The molecule has 0 aliphatic heterocycles. The number of hydrogen-bond donors (Lipinski definition) is 0. The fourth-order valence-corrected chi connectivity index (χ4v) is 4.61. The molecule has 5 rings (SSSR count). The second-order valence-corrected chi connectivity index (χ2v) is 7.98. The first-order valence-electron chi connectivity index (χ1n) is 9.23. The van der Waals surface area contributed by atoms with Gasteiger partial charge < -0.3 is 0 Å². The van der Waals surface area contributed by atoms with E-state index in [0.29, 0.717) is 16.5 Å². The molecule has 146 valence electrons. The van der Waals surface area contributed by atoms with Crippen molar-refractivity contribution in [1.29, 1.82) is 0 Å². The van der Waals surface area contributed by atoms with E-state index in [1.165, 1.54) is 22.3 Å². The highest BCUT2D eigenvalue weighted by atomic mass is 32.1. The topological polar surface area (TPSA) is 51.0 Å². The number of anilines is 1. The van der Waals surface area contributed by atoms with Gasteiger partial charge in [0.2, 0.25) is 0 Å². The molecule has 0 radical (unpaired) electrons. The minimum absolute atomic E-state index is 0.261. The van der Waals surface area contributed by atoms with Crippen LogP contribution in [-0.2, 0) is 12.8 Å². The third-order valence-electron chi connectivity index (χ3n) is 5.15. The Bertz CT molecular complexity index is 1230. The number of halogens is 2. The number of thiazole rings is 1. The predicted octanol–water partition coefficient (Wildman–Crippen LogP) is 4.53. The highest BCUT2D eigenvalue weighted by Crippen LogP contribution is 2.32. The molecule has 0 unspecified atom stereocenters. The molecule has 4 aromatic rings. The molecule has 1 aliphatic rings. The number of carbonyl (C=O) groups excluding carboxylic acids is 1. The van der Waals surface area contributed by atoms with Gasteiger partial charge in [0.05, 0.1) is 15.9 Å². The van der Waals surface area contributed by atoms with Crippen molar-refractivity contribution in [1.82, 2.24) is 14.8 Å². The average Bonchev–Trinajstić information content (AvgIpc) is 3.43. The molecular formula is C21H16F2N4OS. The minimum Gasteiger partial charge on any atom is -0.286 e. The van der Waals surface area contributed by atoms with E-state index in [-0.39, 0.29) is 5.91 Å². The number of carbonyl (C=O) groups is 1. The molecule has 1 amide bonds. The predicted molar refractivity (Wildman–Crippen MR) is 108 cm³/mol. The molecule has 0 saturated heterocycles. The van der Waals surface area contributed by atoms with Crippen LogP contribution in [0.5, 0.6) is 0 Å². The Balaban J connectivity index is 1.55. The third kappa shape index (κ3) is 2.91. The van der Waals surface area contributed by atoms with E-state index in [0.717, 1.165) is 52.9 Å². The van der Waals surface area contributed by atoms with Gasteiger partial charge >= 0.3 is 0 Å². The van der Waals surface area contributed by atoms with Crippen molar-refractivity contribution in [2.45, 2.75) is 19.3 Å². The molecular weight excluding hydrogens is 394 g/mol. The molecule has 1 aliphatic carbocycles. The Labute approximate surface area is 169 Å². The maximum Gasteiger partial charge on any atom is 0.280 e. The summed E-state index contributed by atoms with van der Waals surface area (Å²) in [5.41, 5.74) is 3.32. The number of nitrogens with zero attached hydrogens (tertiary/aromatic N) is 4. The number of aromatic nitrogens is 3. The lowest BCUT2D eigenvalue weighted by molar-refractivity contribution is 0.0987. The maximum absolute atomic E-state index is 13.7. The van der Waals surface area contributed by atoms with Crippen molar-refractivity contribution in [3.63, 3.8) is 0 Å². The van der Waals surface area contributed by atoms with E-state index in [2.05, 4.69) is 10.1 Å².